The molecule has 0 unspecified atom stereocenters. The van der Waals surface area contributed by atoms with Crippen LogP contribution in [0.15, 0.2) is 0 Å². The van der Waals surface area contributed by atoms with Crippen LogP contribution in [0.2, 0.25) is 0 Å². The number of esters is 1. The zero-order valence-corrected chi connectivity index (χ0v) is 14.8. The molecular weight excluding hydrogens is 302 g/mol. The molecule has 23 heavy (non-hydrogen) atoms. The normalized spacial score (nSPS) is 16.1. The molecular formula is C16H29NO6. The third kappa shape index (κ3) is 7.85. The highest BCUT2D eigenvalue weighted by Crippen LogP contribution is 2.19. The molecule has 3 atom stereocenters. The second kappa shape index (κ2) is 9.37. The number of carbonyl (C=O) groups excluding carboxylic acids is 2. The Morgan fingerprint density at radius 3 is 2.13 bits per heavy atom. The summed E-state index contributed by atoms with van der Waals surface area (Å²) in [6, 6.07) is 0. The van der Waals surface area contributed by atoms with Crippen molar-refractivity contribution in [3.8, 4) is 0 Å². The fourth-order valence-corrected chi connectivity index (χ4v) is 1.69. The van der Waals surface area contributed by atoms with Crippen molar-refractivity contribution in [2.24, 2.45) is 11.8 Å². The highest BCUT2D eigenvalue weighted by Gasteiger charge is 2.36. The highest BCUT2D eigenvalue weighted by atomic mass is 16.7. The van der Waals surface area contributed by atoms with E-state index in [2.05, 4.69) is 5.32 Å². The van der Waals surface area contributed by atoms with E-state index in [1.54, 1.807) is 13.8 Å². The number of rotatable bonds is 9. The lowest BCUT2D eigenvalue weighted by Crippen LogP contribution is -2.53. The summed E-state index contributed by atoms with van der Waals surface area (Å²) in [5.41, 5.74) is -1.43. The van der Waals surface area contributed by atoms with Crippen LogP contribution in [0.3, 0.4) is 0 Å². The number of carboxylic acid groups (broad SMARTS) is 1. The summed E-state index contributed by atoms with van der Waals surface area (Å²) < 4.78 is 9.80. The van der Waals surface area contributed by atoms with Gasteiger partial charge in [-0.15, -0.1) is 0 Å². The van der Waals surface area contributed by atoms with Crippen molar-refractivity contribution in [1.29, 1.82) is 0 Å². The number of amides is 1. The van der Waals surface area contributed by atoms with Gasteiger partial charge in [-0.2, -0.15) is 0 Å². The van der Waals surface area contributed by atoms with E-state index in [1.807, 2.05) is 13.8 Å². The number of carbonyl (C=O) groups is 3. The number of ether oxygens (including phenoxy) is 2. The molecule has 0 aliphatic carbocycles. The first-order chi connectivity index (χ1) is 10.5. The van der Waals surface area contributed by atoms with Crippen LogP contribution in [0.5, 0.6) is 0 Å². The Labute approximate surface area is 137 Å². The van der Waals surface area contributed by atoms with Gasteiger partial charge in [0.25, 0.3) is 0 Å². The lowest BCUT2D eigenvalue weighted by Gasteiger charge is -2.27. The molecule has 0 radical (unpaired) electrons. The molecule has 0 aromatic rings. The second-order valence-electron chi connectivity index (χ2n) is 6.38. The van der Waals surface area contributed by atoms with Crippen LogP contribution in [0.25, 0.3) is 0 Å². The van der Waals surface area contributed by atoms with Gasteiger partial charge in [0, 0.05) is 6.92 Å². The fraction of sp³-hybridized carbons (Fsp3) is 0.812. The van der Waals surface area contributed by atoms with Crippen LogP contribution in [-0.2, 0) is 19.1 Å². The predicted molar refractivity (Wildman–Crippen MR) is 84.7 cm³/mol. The minimum absolute atomic E-state index is 0.284. The number of hydrogen-bond acceptors (Lipinski definition) is 5. The third-order valence-corrected chi connectivity index (χ3v) is 3.71. The van der Waals surface area contributed by atoms with Gasteiger partial charge in [-0.3, -0.25) is 4.79 Å². The summed E-state index contributed by atoms with van der Waals surface area (Å²) in [6.45, 7) is 10.2. The lowest BCUT2D eigenvalue weighted by atomic mass is 9.90. The molecule has 0 aliphatic heterocycles. The van der Waals surface area contributed by atoms with Crippen LogP contribution in [-0.4, -0.2) is 35.0 Å². The molecule has 0 saturated carbocycles. The first-order valence-electron chi connectivity index (χ1n) is 7.94. The number of aliphatic carboxylic acids is 1. The Balaban J connectivity index is 4.61. The van der Waals surface area contributed by atoms with E-state index in [0.29, 0.717) is 12.3 Å². The van der Waals surface area contributed by atoms with E-state index < -0.39 is 29.9 Å². The van der Waals surface area contributed by atoms with E-state index in [9.17, 15) is 19.5 Å². The van der Waals surface area contributed by atoms with Gasteiger partial charge in [-0.1, -0.05) is 34.1 Å². The fourth-order valence-electron chi connectivity index (χ4n) is 1.69. The van der Waals surface area contributed by atoms with Gasteiger partial charge in [0.1, 0.15) is 5.54 Å². The van der Waals surface area contributed by atoms with Gasteiger partial charge in [-0.25, -0.2) is 9.59 Å². The number of carboxylic acids is 1. The monoisotopic (exact) mass is 331 g/mol. The van der Waals surface area contributed by atoms with Crippen molar-refractivity contribution >= 4 is 18.0 Å². The molecule has 0 bridgehead atoms. The van der Waals surface area contributed by atoms with Crippen LogP contribution >= 0.6 is 0 Å². The Morgan fingerprint density at radius 1 is 1.13 bits per heavy atom. The van der Waals surface area contributed by atoms with Crippen molar-refractivity contribution in [2.45, 2.75) is 72.6 Å². The molecule has 0 spiro atoms. The van der Waals surface area contributed by atoms with Gasteiger partial charge < -0.3 is 19.9 Å². The Kier molecular flexibility index (Phi) is 8.64. The van der Waals surface area contributed by atoms with Crippen LogP contribution in [0, 0.1) is 11.8 Å². The van der Waals surface area contributed by atoms with Gasteiger partial charge in [0.2, 0.25) is 6.29 Å². The molecule has 0 heterocycles. The quantitative estimate of drug-likeness (QED) is 0.497. The lowest BCUT2D eigenvalue weighted by molar-refractivity contribution is -0.169. The summed E-state index contributed by atoms with van der Waals surface area (Å²) in [5.74, 6) is -1.62. The summed E-state index contributed by atoms with van der Waals surface area (Å²) in [7, 11) is 0. The maximum Gasteiger partial charge on any atom is 0.411 e. The molecule has 7 heteroatoms. The first kappa shape index (κ1) is 21.2. The summed E-state index contributed by atoms with van der Waals surface area (Å²) in [5, 5.41) is 11.7. The average Bonchev–Trinajstić information content (AvgIpc) is 2.43. The summed E-state index contributed by atoms with van der Waals surface area (Å²) >= 11 is 0. The van der Waals surface area contributed by atoms with Crippen molar-refractivity contribution < 1.29 is 29.0 Å². The highest BCUT2D eigenvalue weighted by molar-refractivity contribution is 5.83. The largest absolute Gasteiger partial charge is 0.480 e. The predicted octanol–water partition coefficient (Wildman–Crippen LogP) is 2.93. The molecule has 7 nitrogen and oxygen atoms in total. The Hall–Kier alpha value is -1.79. The molecule has 1 amide bonds. The molecule has 0 aromatic heterocycles. The smallest absolute Gasteiger partial charge is 0.411 e. The minimum atomic E-state index is -1.43. The first-order valence-corrected chi connectivity index (χ1v) is 7.94. The van der Waals surface area contributed by atoms with Gasteiger partial charge in [0.15, 0.2) is 0 Å². The maximum absolute atomic E-state index is 11.9. The molecule has 0 rings (SSSR count). The standard InChI is InChI=1S/C16H29NO6/c1-7-11(4)8-9-16(6,14(19)20)17-15(21)23-12(5)22-13(18)10(2)3/h10-12H,7-9H2,1-6H3,(H,17,21)(H,19,20)/t11-,12+,16+/m1/s1. The SMILES string of the molecule is CC[C@@H](C)CC[C@](C)(NC(=O)O[C@@H](C)OC(=O)C(C)C)C(=O)O. The van der Waals surface area contributed by atoms with E-state index in [-0.39, 0.29) is 12.3 Å². The van der Waals surface area contributed by atoms with Gasteiger partial charge >= 0.3 is 18.0 Å². The van der Waals surface area contributed by atoms with E-state index >= 15 is 0 Å². The second-order valence-corrected chi connectivity index (χ2v) is 6.38. The topological polar surface area (TPSA) is 102 Å². The van der Waals surface area contributed by atoms with Crippen molar-refractivity contribution in [3.63, 3.8) is 0 Å². The Morgan fingerprint density at radius 2 is 1.70 bits per heavy atom. The van der Waals surface area contributed by atoms with E-state index in [1.165, 1.54) is 13.8 Å². The summed E-state index contributed by atoms with van der Waals surface area (Å²) in [4.78, 5) is 34.7. The maximum atomic E-state index is 11.9. The van der Waals surface area contributed by atoms with E-state index in [4.69, 9.17) is 9.47 Å². The Bertz CT molecular complexity index is 423. The molecule has 2 N–H and O–H groups in total. The van der Waals surface area contributed by atoms with Crippen LogP contribution in [0.1, 0.15) is 60.8 Å². The van der Waals surface area contributed by atoms with Crippen molar-refractivity contribution in [1.82, 2.24) is 5.32 Å². The van der Waals surface area contributed by atoms with Crippen LogP contribution in [0.4, 0.5) is 4.79 Å². The average molecular weight is 331 g/mol. The number of hydrogen-bond donors (Lipinski definition) is 2. The number of alkyl carbamates (subject to hydrolysis) is 1. The number of nitrogens with one attached hydrogen (secondary N) is 1. The van der Waals surface area contributed by atoms with E-state index in [0.717, 1.165) is 6.42 Å². The summed E-state index contributed by atoms with van der Waals surface area (Å²) in [6.07, 6.45) is -0.132. The zero-order valence-electron chi connectivity index (χ0n) is 14.8. The molecule has 0 fully saturated rings. The zero-order chi connectivity index (χ0) is 18.2. The third-order valence-electron chi connectivity index (χ3n) is 3.71. The van der Waals surface area contributed by atoms with Gasteiger partial charge in [-0.05, 0) is 25.7 Å². The molecule has 0 saturated heterocycles. The van der Waals surface area contributed by atoms with Crippen molar-refractivity contribution in [2.75, 3.05) is 0 Å². The minimum Gasteiger partial charge on any atom is -0.480 e. The van der Waals surface area contributed by atoms with Gasteiger partial charge in [0.05, 0.1) is 5.92 Å². The van der Waals surface area contributed by atoms with Crippen molar-refractivity contribution in [3.05, 3.63) is 0 Å². The van der Waals surface area contributed by atoms with Crippen LogP contribution < -0.4 is 5.32 Å². The molecule has 0 aliphatic rings. The molecule has 134 valence electrons. The molecule has 0 aromatic carbocycles.